The molecule has 0 fully saturated rings. The molecule has 0 aliphatic heterocycles. The van der Waals surface area contributed by atoms with Crippen LogP contribution in [-0.4, -0.2) is 35.9 Å². The molecule has 5 nitrogen and oxygen atoms in total. The van der Waals surface area contributed by atoms with E-state index in [1.807, 2.05) is 0 Å². The maximum Gasteiger partial charge on any atom is 0.333 e. The van der Waals surface area contributed by atoms with Crippen molar-refractivity contribution in [1.29, 1.82) is 0 Å². The molecule has 1 atom stereocenters. The minimum Gasteiger partial charge on any atom is -0.467 e. The molecule has 128 valence electrons. The van der Waals surface area contributed by atoms with Crippen molar-refractivity contribution < 1.29 is 27.5 Å². The van der Waals surface area contributed by atoms with E-state index in [2.05, 4.69) is 9.72 Å². The maximum absolute atomic E-state index is 13.5. The van der Waals surface area contributed by atoms with Crippen LogP contribution in [0.15, 0.2) is 24.4 Å². The van der Waals surface area contributed by atoms with Gasteiger partial charge in [0, 0.05) is 18.9 Å². The standard InChI is InChI=1S/C16H15F3N2O3/c1-8-10(4-5-20-8)15(22)21(2)14(16(23)24-3)9-6-11(17)13(19)12(18)7-9/h4-7,14,20H,1-3H3/t14-/m0/s1. The van der Waals surface area contributed by atoms with Gasteiger partial charge in [-0.25, -0.2) is 18.0 Å². The number of carbonyl (C=O) groups excluding carboxylic acids is 2. The van der Waals surface area contributed by atoms with Crippen LogP contribution in [0.1, 0.15) is 27.7 Å². The first-order chi connectivity index (χ1) is 11.3. The molecular weight excluding hydrogens is 325 g/mol. The van der Waals surface area contributed by atoms with E-state index in [1.165, 1.54) is 13.1 Å². The normalized spacial score (nSPS) is 11.9. The monoisotopic (exact) mass is 340 g/mol. The highest BCUT2D eigenvalue weighted by atomic mass is 19.2. The lowest BCUT2D eigenvalue weighted by Gasteiger charge is -2.26. The van der Waals surface area contributed by atoms with E-state index in [0.717, 1.165) is 12.0 Å². The number of rotatable bonds is 4. The molecule has 1 amide bonds. The van der Waals surface area contributed by atoms with Crippen molar-refractivity contribution in [3.05, 3.63) is 58.7 Å². The molecule has 0 unspecified atom stereocenters. The molecule has 0 bridgehead atoms. The number of H-pyrrole nitrogens is 1. The van der Waals surface area contributed by atoms with Crippen LogP contribution >= 0.6 is 0 Å². The first-order valence-corrected chi connectivity index (χ1v) is 6.91. The molecule has 1 aromatic carbocycles. The van der Waals surface area contributed by atoms with Crippen LogP contribution in [0.25, 0.3) is 0 Å². The van der Waals surface area contributed by atoms with Crippen LogP contribution in [0.2, 0.25) is 0 Å². The van der Waals surface area contributed by atoms with Crippen LogP contribution in [0.4, 0.5) is 13.2 Å². The first kappa shape index (κ1) is 17.6. The fourth-order valence-electron chi connectivity index (χ4n) is 2.35. The number of ether oxygens (including phenoxy) is 1. The smallest absolute Gasteiger partial charge is 0.333 e. The maximum atomic E-state index is 13.5. The number of aryl methyl sites for hydroxylation is 1. The van der Waals surface area contributed by atoms with E-state index in [0.29, 0.717) is 17.8 Å². The van der Waals surface area contributed by atoms with Crippen LogP contribution in [0, 0.1) is 24.4 Å². The van der Waals surface area contributed by atoms with Crippen molar-refractivity contribution in [2.45, 2.75) is 13.0 Å². The van der Waals surface area contributed by atoms with Crippen molar-refractivity contribution in [2.24, 2.45) is 0 Å². The molecule has 1 N–H and O–H groups in total. The highest BCUT2D eigenvalue weighted by molar-refractivity contribution is 5.97. The van der Waals surface area contributed by atoms with Crippen molar-refractivity contribution in [3.63, 3.8) is 0 Å². The van der Waals surface area contributed by atoms with E-state index < -0.39 is 35.4 Å². The number of likely N-dealkylation sites (N-methyl/N-ethyl adjacent to an activating group) is 1. The third-order valence-electron chi connectivity index (χ3n) is 3.64. The molecule has 0 saturated carbocycles. The number of methoxy groups -OCH3 is 1. The summed E-state index contributed by atoms with van der Waals surface area (Å²) in [7, 11) is 2.36. The van der Waals surface area contributed by atoms with E-state index in [4.69, 9.17) is 0 Å². The van der Waals surface area contributed by atoms with Gasteiger partial charge in [-0.3, -0.25) is 4.79 Å². The Hall–Kier alpha value is -2.77. The van der Waals surface area contributed by atoms with Crippen LogP contribution in [0.5, 0.6) is 0 Å². The number of carbonyl (C=O) groups is 2. The zero-order valence-corrected chi connectivity index (χ0v) is 13.2. The molecule has 0 aliphatic carbocycles. The lowest BCUT2D eigenvalue weighted by atomic mass is 10.0. The fraction of sp³-hybridized carbons (Fsp3) is 0.250. The number of esters is 1. The Morgan fingerprint density at radius 2 is 1.79 bits per heavy atom. The topological polar surface area (TPSA) is 62.4 Å². The zero-order valence-electron chi connectivity index (χ0n) is 13.2. The number of amides is 1. The van der Waals surface area contributed by atoms with Crippen LogP contribution < -0.4 is 0 Å². The Morgan fingerprint density at radius 3 is 2.25 bits per heavy atom. The summed E-state index contributed by atoms with van der Waals surface area (Å²) in [6.07, 6.45) is 1.54. The second kappa shape index (κ2) is 6.77. The third kappa shape index (κ3) is 3.12. The highest BCUT2D eigenvalue weighted by Gasteiger charge is 2.32. The first-order valence-electron chi connectivity index (χ1n) is 6.91. The largest absolute Gasteiger partial charge is 0.467 e. The molecule has 2 aromatic rings. The quantitative estimate of drug-likeness (QED) is 0.688. The predicted octanol–water partition coefficient (Wildman–Crippen LogP) is 2.73. The SMILES string of the molecule is COC(=O)[C@H](c1cc(F)c(F)c(F)c1)N(C)C(=O)c1cc[nH]c1C. The lowest BCUT2D eigenvalue weighted by Crippen LogP contribution is -2.37. The number of nitrogens with zero attached hydrogens (tertiary/aromatic N) is 1. The van der Waals surface area contributed by atoms with Crippen LogP contribution in [0.3, 0.4) is 0 Å². The van der Waals surface area contributed by atoms with Crippen molar-refractivity contribution in [1.82, 2.24) is 9.88 Å². The van der Waals surface area contributed by atoms with Crippen molar-refractivity contribution in [3.8, 4) is 0 Å². The number of aromatic amines is 1. The molecule has 0 radical (unpaired) electrons. The van der Waals surface area contributed by atoms with Gasteiger partial charge in [0.05, 0.1) is 12.7 Å². The average Bonchev–Trinajstić information content (AvgIpc) is 2.97. The minimum atomic E-state index is -1.65. The van der Waals surface area contributed by atoms with Crippen molar-refractivity contribution in [2.75, 3.05) is 14.2 Å². The summed E-state index contributed by atoms with van der Waals surface area (Å²) in [5.74, 6) is -6.05. The van der Waals surface area contributed by atoms with Crippen LogP contribution in [-0.2, 0) is 9.53 Å². The highest BCUT2D eigenvalue weighted by Crippen LogP contribution is 2.26. The summed E-state index contributed by atoms with van der Waals surface area (Å²) >= 11 is 0. The molecule has 2 rings (SSSR count). The van der Waals surface area contributed by atoms with E-state index in [1.54, 1.807) is 13.1 Å². The summed E-state index contributed by atoms with van der Waals surface area (Å²) in [5.41, 5.74) is 0.615. The van der Waals surface area contributed by atoms with Gasteiger partial charge < -0.3 is 14.6 Å². The number of halogens is 3. The van der Waals surface area contributed by atoms with E-state index >= 15 is 0 Å². The van der Waals surface area contributed by atoms with Gasteiger partial charge >= 0.3 is 5.97 Å². The Bertz CT molecular complexity index is 766. The number of hydrogen-bond donors (Lipinski definition) is 1. The molecule has 0 aliphatic rings. The predicted molar refractivity (Wildman–Crippen MR) is 78.7 cm³/mol. The van der Waals surface area contributed by atoms with Gasteiger partial charge in [0.2, 0.25) is 0 Å². The average molecular weight is 340 g/mol. The number of nitrogens with one attached hydrogen (secondary N) is 1. The number of aromatic nitrogens is 1. The Balaban J connectivity index is 2.48. The van der Waals surface area contributed by atoms with Gasteiger partial charge in [-0.2, -0.15) is 0 Å². The molecule has 0 saturated heterocycles. The van der Waals surface area contributed by atoms with E-state index in [-0.39, 0.29) is 11.1 Å². The summed E-state index contributed by atoms with van der Waals surface area (Å²) < 4.78 is 44.7. The van der Waals surface area contributed by atoms with Crippen molar-refractivity contribution >= 4 is 11.9 Å². The molecule has 1 heterocycles. The van der Waals surface area contributed by atoms with Gasteiger partial charge in [-0.05, 0) is 30.7 Å². The number of hydrogen-bond acceptors (Lipinski definition) is 3. The lowest BCUT2D eigenvalue weighted by molar-refractivity contribution is -0.145. The van der Waals surface area contributed by atoms with E-state index in [9.17, 15) is 22.8 Å². The molecule has 1 aromatic heterocycles. The summed E-state index contributed by atoms with van der Waals surface area (Å²) in [5, 5.41) is 0. The Kier molecular flexibility index (Phi) is 4.96. The van der Waals surface area contributed by atoms with Gasteiger partial charge in [0.25, 0.3) is 5.91 Å². The second-order valence-corrected chi connectivity index (χ2v) is 5.16. The second-order valence-electron chi connectivity index (χ2n) is 5.16. The number of benzene rings is 1. The Labute approximate surface area is 136 Å². The summed E-state index contributed by atoms with van der Waals surface area (Å²) in [6.45, 7) is 1.66. The minimum absolute atomic E-state index is 0.234. The zero-order chi connectivity index (χ0) is 18.0. The van der Waals surface area contributed by atoms with Gasteiger partial charge in [0.1, 0.15) is 0 Å². The van der Waals surface area contributed by atoms with Gasteiger partial charge in [-0.15, -0.1) is 0 Å². The summed E-state index contributed by atoms with van der Waals surface area (Å²) in [4.78, 5) is 28.4. The Morgan fingerprint density at radius 1 is 1.21 bits per heavy atom. The van der Waals surface area contributed by atoms with Gasteiger partial charge in [-0.1, -0.05) is 0 Å². The molecule has 0 spiro atoms. The molecule has 8 heteroatoms. The van der Waals surface area contributed by atoms with Gasteiger partial charge in [0.15, 0.2) is 23.5 Å². The fourth-order valence-corrected chi connectivity index (χ4v) is 2.35. The third-order valence-corrected chi connectivity index (χ3v) is 3.64. The summed E-state index contributed by atoms with van der Waals surface area (Å²) in [6, 6.07) is 1.40. The molecular formula is C16H15F3N2O3. The molecule has 24 heavy (non-hydrogen) atoms.